The predicted octanol–water partition coefficient (Wildman–Crippen LogP) is 5.95. The van der Waals surface area contributed by atoms with Gasteiger partial charge in [0.15, 0.2) is 0 Å². The first kappa shape index (κ1) is 23.3. The summed E-state index contributed by atoms with van der Waals surface area (Å²) >= 11 is 0. The molecular weight excluding hydrogens is 391 g/mol. The van der Waals surface area contributed by atoms with E-state index in [4.69, 9.17) is 4.74 Å². The van der Waals surface area contributed by atoms with Crippen molar-refractivity contribution in [2.45, 2.75) is 77.5 Å². The highest BCUT2D eigenvalue weighted by molar-refractivity contribution is 5.97. The molecule has 1 aliphatic carbocycles. The second-order valence-corrected chi connectivity index (χ2v) is 9.53. The molecule has 0 saturated heterocycles. The summed E-state index contributed by atoms with van der Waals surface area (Å²) in [6, 6.07) is 11.0. The molecule has 0 bridgehead atoms. The van der Waals surface area contributed by atoms with Crippen LogP contribution in [-0.4, -0.2) is 24.7 Å². The van der Waals surface area contributed by atoms with Crippen LogP contribution in [0.3, 0.4) is 0 Å². The van der Waals surface area contributed by atoms with E-state index in [2.05, 4.69) is 17.6 Å². The van der Waals surface area contributed by atoms with E-state index < -0.39 is 5.60 Å². The van der Waals surface area contributed by atoms with Gasteiger partial charge in [0.05, 0.1) is 11.3 Å². The second kappa shape index (κ2) is 9.82. The third kappa shape index (κ3) is 6.07. The lowest BCUT2D eigenvalue weighted by atomic mass is 9.78. The van der Waals surface area contributed by atoms with Crippen LogP contribution in [0.25, 0.3) is 0 Å². The third-order valence-electron chi connectivity index (χ3n) is 5.98. The van der Waals surface area contributed by atoms with Crippen molar-refractivity contribution in [3.05, 3.63) is 64.5 Å². The van der Waals surface area contributed by atoms with E-state index in [0.717, 1.165) is 43.5 Å². The van der Waals surface area contributed by atoms with Crippen LogP contribution in [0.1, 0.15) is 79.4 Å². The average molecular weight is 427 g/mol. The number of rotatable bonds is 6. The SMILES string of the molecule is CNc1c(C(=O)OC(C)(C)C)ccc(C)c1[C@H]1CC[C@H](NCc2ccc(F)cc2)CC1. The minimum atomic E-state index is -0.526. The van der Waals surface area contributed by atoms with Gasteiger partial charge in [-0.3, -0.25) is 0 Å². The molecule has 4 nitrogen and oxygen atoms in total. The number of hydrogen-bond donors (Lipinski definition) is 2. The highest BCUT2D eigenvalue weighted by Crippen LogP contribution is 2.40. The van der Waals surface area contributed by atoms with E-state index in [1.165, 1.54) is 23.3 Å². The number of nitrogens with one attached hydrogen (secondary N) is 2. The van der Waals surface area contributed by atoms with Crippen molar-refractivity contribution in [2.24, 2.45) is 0 Å². The molecule has 168 valence electrons. The topological polar surface area (TPSA) is 50.4 Å². The first-order chi connectivity index (χ1) is 14.7. The van der Waals surface area contributed by atoms with Gasteiger partial charge in [-0.15, -0.1) is 0 Å². The molecule has 0 amide bonds. The minimum absolute atomic E-state index is 0.200. The molecule has 31 heavy (non-hydrogen) atoms. The summed E-state index contributed by atoms with van der Waals surface area (Å²) in [5.74, 6) is -0.0740. The molecule has 0 radical (unpaired) electrons. The Morgan fingerprint density at radius 1 is 1.06 bits per heavy atom. The van der Waals surface area contributed by atoms with Gasteiger partial charge >= 0.3 is 5.97 Å². The van der Waals surface area contributed by atoms with Crippen molar-refractivity contribution in [3.8, 4) is 0 Å². The maximum absolute atomic E-state index is 13.1. The number of ether oxygens (including phenoxy) is 1. The summed E-state index contributed by atoms with van der Waals surface area (Å²) < 4.78 is 18.7. The monoisotopic (exact) mass is 426 g/mol. The van der Waals surface area contributed by atoms with Crippen LogP contribution in [0.5, 0.6) is 0 Å². The molecule has 0 spiro atoms. The van der Waals surface area contributed by atoms with Crippen LogP contribution in [0.4, 0.5) is 10.1 Å². The number of carbonyl (C=O) groups is 1. The summed E-state index contributed by atoms with van der Waals surface area (Å²) in [5, 5.41) is 6.90. The van der Waals surface area contributed by atoms with Gasteiger partial charge in [0.25, 0.3) is 0 Å². The second-order valence-electron chi connectivity index (χ2n) is 9.53. The molecule has 0 aliphatic heterocycles. The fourth-order valence-electron chi connectivity index (χ4n) is 4.47. The molecular formula is C26H35FN2O2. The van der Waals surface area contributed by atoms with Gasteiger partial charge in [0.1, 0.15) is 11.4 Å². The molecule has 0 unspecified atom stereocenters. The van der Waals surface area contributed by atoms with Crippen molar-refractivity contribution in [1.82, 2.24) is 5.32 Å². The fraction of sp³-hybridized carbons (Fsp3) is 0.500. The Morgan fingerprint density at radius 2 is 1.71 bits per heavy atom. The van der Waals surface area contributed by atoms with Crippen LogP contribution in [-0.2, 0) is 11.3 Å². The number of esters is 1. The van der Waals surface area contributed by atoms with Gasteiger partial charge in [-0.1, -0.05) is 18.2 Å². The van der Waals surface area contributed by atoms with E-state index in [1.54, 1.807) is 0 Å². The minimum Gasteiger partial charge on any atom is -0.456 e. The summed E-state index contributed by atoms with van der Waals surface area (Å²) in [6.07, 6.45) is 4.28. The van der Waals surface area contributed by atoms with E-state index in [1.807, 2.05) is 52.1 Å². The number of halogens is 1. The largest absolute Gasteiger partial charge is 0.456 e. The summed E-state index contributed by atoms with van der Waals surface area (Å²) in [6.45, 7) is 8.54. The predicted molar refractivity (Wildman–Crippen MR) is 124 cm³/mol. The lowest BCUT2D eigenvalue weighted by Crippen LogP contribution is -2.32. The Labute approximate surface area is 185 Å². The quantitative estimate of drug-likeness (QED) is 0.561. The van der Waals surface area contributed by atoms with Gasteiger partial charge in [0.2, 0.25) is 0 Å². The first-order valence-electron chi connectivity index (χ1n) is 11.2. The number of carbonyl (C=O) groups excluding carboxylic acids is 1. The standard InChI is InChI=1S/C26H35FN2O2/c1-17-6-15-22(25(30)31-26(2,3)4)24(28-5)23(17)19-9-13-21(14-10-19)29-16-18-7-11-20(27)12-8-18/h6-8,11-12,15,19,21,28-29H,9-10,13-14,16H2,1-5H3/t19-,21-. The van der Waals surface area contributed by atoms with Gasteiger partial charge in [-0.25, -0.2) is 9.18 Å². The van der Waals surface area contributed by atoms with Crippen LogP contribution in [0.15, 0.2) is 36.4 Å². The molecule has 1 saturated carbocycles. The molecule has 0 aromatic heterocycles. The van der Waals surface area contributed by atoms with Crippen molar-refractivity contribution >= 4 is 11.7 Å². The lowest BCUT2D eigenvalue weighted by Gasteiger charge is -2.32. The third-order valence-corrected chi connectivity index (χ3v) is 5.98. The van der Waals surface area contributed by atoms with Crippen LogP contribution < -0.4 is 10.6 Å². The summed E-state index contributed by atoms with van der Waals surface area (Å²) in [7, 11) is 1.88. The fourth-order valence-corrected chi connectivity index (χ4v) is 4.47. The molecule has 0 atom stereocenters. The highest BCUT2D eigenvalue weighted by Gasteiger charge is 2.28. The Hall–Kier alpha value is -2.40. The van der Waals surface area contributed by atoms with Crippen LogP contribution in [0, 0.1) is 12.7 Å². The van der Waals surface area contributed by atoms with E-state index in [9.17, 15) is 9.18 Å². The Bertz CT molecular complexity index is 895. The van der Waals surface area contributed by atoms with Crippen LogP contribution in [0.2, 0.25) is 0 Å². The van der Waals surface area contributed by atoms with Crippen molar-refractivity contribution in [1.29, 1.82) is 0 Å². The Balaban J connectivity index is 1.68. The highest BCUT2D eigenvalue weighted by atomic mass is 19.1. The molecule has 1 aliphatic rings. The zero-order chi connectivity index (χ0) is 22.6. The Morgan fingerprint density at radius 3 is 2.29 bits per heavy atom. The van der Waals surface area contributed by atoms with Gasteiger partial charge in [-0.2, -0.15) is 0 Å². The van der Waals surface area contributed by atoms with Gasteiger partial charge < -0.3 is 15.4 Å². The number of anilines is 1. The number of benzene rings is 2. The summed E-state index contributed by atoms with van der Waals surface area (Å²) in [5.41, 5.74) is 4.53. The van der Waals surface area contributed by atoms with E-state index >= 15 is 0 Å². The smallest absolute Gasteiger partial charge is 0.340 e. The zero-order valence-electron chi connectivity index (χ0n) is 19.3. The Kier molecular flexibility index (Phi) is 7.37. The summed E-state index contributed by atoms with van der Waals surface area (Å²) in [4.78, 5) is 12.8. The zero-order valence-corrected chi connectivity index (χ0v) is 19.3. The van der Waals surface area contributed by atoms with Crippen molar-refractivity contribution in [3.63, 3.8) is 0 Å². The molecule has 1 fully saturated rings. The number of aryl methyl sites for hydroxylation is 1. The maximum Gasteiger partial charge on any atom is 0.340 e. The van der Waals surface area contributed by atoms with Gasteiger partial charge in [0, 0.05) is 19.6 Å². The average Bonchev–Trinajstić information content (AvgIpc) is 2.72. The molecule has 3 rings (SSSR count). The number of hydrogen-bond acceptors (Lipinski definition) is 4. The van der Waals surface area contributed by atoms with Crippen LogP contribution >= 0.6 is 0 Å². The molecule has 0 heterocycles. The van der Waals surface area contributed by atoms with E-state index in [0.29, 0.717) is 17.5 Å². The molecule has 2 aromatic rings. The normalized spacial score (nSPS) is 19.2. The van der Waals surface area contributed by atoms with Crippen molar-refractivity contribution in [2.75, 3.05) is 12.4 Å². The van der Waals surface area contributed by atoms with Crippen molar-refractivity contribution < 1.29 is 13.9 Å². The van der Waals surface area contributed by atoms with E-state index in [-0.39, 0.29) is 11.8 Å². The molecule has 2 aromatic carbocycles. The molecule has 5 heteroatoms. The first-order valence-corrected chi connectivity index (χ1v) is 11.2. The molecule has 2 N–H and O–H groups in total. The maximum atomic E-state index is 13.1. The lowest BCUT2D eigenvalue weighted by molar-refractivity contribution is 0.00705. The van der Waals surface area contributed by atoms with Gasteiger partial charge in [-0.05, 0) is 94.2 Å².